The second kappa shape index (κ2) is 38.6. The van der Waals surface area contributed by atoms with Crippen molar-refractivity contribution >= 4 is 17.3 Å². The second-order valence-electron chi connectivity index (χ2n) is 10.5. The summed E-state index contributed by atoms with van der Waals surface area (Å²) in [6, 6.07) is 0. The monoisotopic (exact) mass is 610 g/mol. The van der Waals surface area contributed by atoms with Crippen LogP contribution in [0.5, 0.6) is 0 Å². The number of carbonyl (C=O) groups excluding carboxylic acids is 3. The third-order valence-electron chi connectivity index (χ3n) is 6.43. The molecule has 3 unspecified atom stereocenters. The van der Waals surface area contributed by atoms with Gasteiger partial charge in [-0.25, -0.2) is 0 Å². The van der Waals surface area contributed by atoms with E-state index in [9.17, 15) is 14.4 Å². The summed E-state index contributed by atoms with van der Waals surface area (Å²) >= 11 is 0. The molecule has 0 aromatic heterocycles. The Bertz CT molecular complexity index is 468. The standard InChI is InChI=1S/3C8H16O2.C8H18O.Ti/c3*1-3-5-8(10)7(4-2)6-9;1-8(2)6-4-3-5-7-9;/h3*7,9H,3-6H2,1-2H3;8-9H,3-7H2,1-2H3;. The van der Waals surface area contributed by atoms with Crippen molar-refractivity contribution in [2.45, 2.75) is 139 Å². The molecule has 0 amide bonds. The fraction of sp³-hybridized carbons (Fsp3) is 0.906. The summed E-state index contributed by atoms with van der Waals surface area (Å²) in [4.78, 5) is 33.1. The van der Waals surface area contributed by atoms with Crippen molar-refractivity contribution in [3.63, 3.8) is 0 Å². The molecule has 0 aliphatic heterocycles. The van der Waals surface area contributed by atoms with Gasteiger partial charge in [-0.05, 0) is 50.9 Å². The first-order valence-corrected chi connectivity index (χ1v) is 15.6. The molecule has 40 heavy (non-hydrogen) atoms. The molecule has 8 heteroatoms. The van der Waals surface area contributed by atoms with Gasteiger partial charge in [0.05, 0.1) is 19.8 Å². The maximum Gasteiger partial charge on any atom is 0.138 e. The Morgan fingerprint density at radius 3 is 1.00 bits per heavy atom. The first kappa shape index (κ1) is 49.3. The van der Waals surface area contributed by atoms with Crippen LogP contribution in [0.15, 0.2) is 0 Å². The molecule has 0 radical (unpaired) electrons. The van der Waals surface area contributed by atoms with E-state index >= 15 is 0 Å². The number of aliphatic hydroxyl groups is 4. The summed E-state index contributed by atoms with van der Waals surface area (Å²) in [7, 11) is 0. The van der Waals surface area contributed by atoms with Crippen LogP contribution in [0.4, 0.5) is 0 Å². The van der Waals surface area contributed by atoms with Crippen LogP contribution in [0, 0.1) is 23.7 Å². The average Bonchev–Trinajstić information content (AvgIpc) is 2.90. The third-order valence-corrected chi connectivity index (χ3v) is 6.43. The normalized spacial score (nSPS) is 12.2. The summed E-state index contributed by atoms with van der Waals surface area (Å²) in [5.41, 5.74) is 0. The fourth-order valence-electron chi connectivity index (χ4n) is 3.57. The Balaban J connectivity index is -0.000000135. The molecule has 0 aromatic carbocycles. The van der Waals surface area contributed by atoms with E-state index in [2.05, 4.69) is 13.8 Å². The summed E-state index contributed by atoms with van der Waals surface area (Å²) in [5.74, 6) is 1.09. The zero-order chi connectivity index (χ0) is 31.1. The van der Waals surface area contributed by atoms with E-state index in [0.717, 1.165) is 50.9 Å². The SMILES string of the molecule is CC(C)CCCCCO.CCCC(=O)C(CC)CO.CCCC(=O)C(CC)CO.CCCC(=O)C(CC)CO.[Ti]. The molecule has 3 atom stereocenters. The topological polar surface area (TPSA) is 132 Å². The van der Waals surface area contributed by atoms with E-state index in [0.29, 0.717) is 25.9 Å². The van der Waals surface area contributed by atoms with E-state index in [1.807, 2.05) is 41.5 Å². The quantitative estimate of drug-likeness (QED) is 0.0938. The van der Waals surface area contributed by atoms with Gasteiger partial charge in [0.1, 0.15) is 17.3 Å². The molecule has 0 aliphatic carbocycles. The van der Waals surface area contributed by atoms with Crippen molar-refractivity contribution in [2.24, 2.45) is 23.7 Å². The van der Waals surface area contributed by atoms with Crippen molar-refractivity contribution < 1.29 is 56.5 Å². The van der Waals surface area contributed by atoms with Crippen LogP contribution in [0.3, 0.4) is 0 Å². The number of hydrogen-bond donors (Lipinski definition) is 4. The van der Waals surface area contributed by atoms with E-state index < -0.39 is 0 Å². The summed E-state index contributed by atoms with van der Waals surface area (Å²) in [5, 5.41) is 34.5. The summed E-state index contributed by atoms with van der Waals surface area (Å²) in [6.45, 7) is 16.6. The molecule has 0 aliphatic rings. The van der Waals surface area contributed by atoms with Gasteiger partial charge in [-0.2, -0.15) is 0 Å². The Morgan fingerprint density at radius 1 is 0.525 bits per heavy atom. The van der Waals surface area contributed by atoms with Gasteiger partial charge in [0.15, 0.2) is 0 Å². The number of ketones is 3. The van der Waals surface area contributed by atoms with Crippen LogP contribution in [0.2, 0.25) is 0 Å². The van der Waals surface area contributed by atoms with Gasteiger partial charge in [-0.1, -0.05) is 74.7 Å². The van der Waals surface area contributed by atoms with Crippen molar-refractivity contribution in [2.75, 3.05) is 26.4 Å². The van der Waals surface area contributed by atoms with E-state index in [1.54, 1.807) is 0 Å². The predicted octanol–water partition coefficient (Wildman–Crippen LogP) is 6.31. The zero-order valence-electron chi connectivity index (χ0n) is 27.3. The largest absolute Gasteiger partial charge is 0.396 e. The molecule has 0 heterocycles. The van der Waals surface area contributed by atoms with Gasteiger partial charge in [0.25, 0.3) is 0 Å². The van der Waals surface area contributed by atoms with Gasteiger partial charge in [-0.3, -0.25) is 14.4 Å². The summed E-state index contributed by atoms with van der Waals surface area (Å²) in [6.07, 6.45) is 11.5. The number of unbranched alkanes of at least 4 members (excludes halogenated alkanes) is 2. The molecule has 0 bridgehead atoms. The smallest absolute Gasteiger partial charge is 0.138 e. The zero-order valence-corrected chi connectivity index (χ0v) is 28.9. The van der Waals surface area contributed by atoms with Gasteiger partial charge in [0.2, 0.25) is 0 Å². The number of carbonyl (C=O) groups is 3. The van der Waals surface area contributed by atoms with Crippen LogP contribution in [-0.4, -0.2) is 64.2 Å². The van der Waals surface area contributed by atoms with Gasteiger partial charge in [0, 0.05) is 65.3 Å². The average molecular weight is 611 g/mol. The van der Waals surface area contributed by atoms with Crippen LogP contribution < -0.4 is 0 Å². The molecule has 0 aromatic rings. The van der Waals surface area contributed by atoms with E-state index in [1.165, 1.54) is 19.3 Å². The third kappa shape index (κ3) is 33.8. The number of Topliss-reactive ketones (excluding diaryl/α,β-unsaturated/α-hetero) is 3. The van der Waals surface area contributed by atoms with Crippen molar-refractivity contribution in [3.8, 4) is 0 Å². The Hall–Kier alpha value is -0.436. The van der Waals surface area contributed by atoms with Crippen molar-refractivity contribution in [3.05, 3.63) is 0 Å². The molecular weight excluding hydrogens is 544 g/mol. The molecule has 0 saturated heterocycles. The number of hydrogen-bond acceptors (Lipinski definition) is 7. The molecule has 7 nitrogen and oxygen atoms in total. The first-order chi connectivity index (χ1) is 18.5. The molecule has 240 valence electrons. The van der Waals surface area contributed by atoms with Crippen LogP contribution in [0.25, 0.3) is 0 Å². The molecule has 4 N–H and O–H groups in total. The van der Waals surface area contributed by atoms with Crippen molar-refractivity contribution in [1.82, 2.24) is 0 Å². The molecular formula is C32H66O7Ti. The maximum absolute atomic E-state index is 11.0. The second-order valence-corrected chi connectivity index (χ2v) is 10.5. The Labute approximate surface area is 262 Å². The minimum absolute atomic E-state index is 0. The molecule has 0 spiro atoms. The van der Waals surface area contributed by atoms with Crippen molar-refractivity contribution in [1.29, 1.82) is 0 Å². The van der Waals surface area contributed by atoms with E-state index in [-0.39, 0.29) is 76.6 Å². The Kier molecular flexibility index (Phi) is 47.5. The summed E-state index contributed by atoms with van der Waals surface area (Å²) < 4.78 is 0. The first-order valence-electron chi connectivity index (χ1n) is 15.6. The van der Waals surface area contributed by atoms with Crippen LogP contribution in [0.1, 0.15) is 139 Å². The maximum atomic E-state index is 11.0. The number of rotatable bonds is 20. The fourth-order valence-corrected chi connectivity index (χ4v) is 3.57. The van der Waals surface area contributed by atoms with Gasteiger partial charge in [-0.15, -0.1) is 0 Å². The van der Waals surface area contributed by atoms with E-state index in [4.69, 9.17) is 20.4 Å². The van der Waals surface area contributed by atoms with Crippen LogP contribution >= 0.6 is 0 Å². The molecule has 0 fully saturated rings. The minimum atomic E-state index is -0.111. The predicted molar refractivity (Wildman–Crippen MR) is 163 cm³/mol. The van der Waals surface area contributed by atoms with Gasteiger partial charge >= 0.3 is 0 Å². The van der Waals surface area contributed by atoms with Gasteiger partial charge < -0.3 is 20.4 Å². The Morgan fingerprint density at radius 2 is 0.825 bits per heavy atom. The molecule has 0 saturated carbocycles. The minimum Gasteiger partial charge on any atom is -0.396 e. The molecule has 0 rings (SSSR count). The number of aliphatic hydroxyl groups excluding tert-OH is 4. The van der Waals surface area contributed by atoms with Crippen LogP contribution in [-0.2, 0) is 36.1 Å².